The number of hydrogen-bond acceptors (Lipinski definition) is 4. The summed E-state index contributed by atoms with van der Waals surface area (Å²) in [5.41, 5.74) is 2.25. The SMILES string of the molecule is COc1ccccc1[C@@H]1CCCN1C(=O)CN1CCOc2ccccc2C1. The van der Waals surface area contributed by atoms with E-state index in [0.29, 0.717) is 13.2 Å². The molecule has 1 amide bonds. The molecule has 2 aliphatic heterocycles. The van der Waals surface area contributed by atoms with Crippen LogP contribution in [0, 0.1) is 0 Å². The zero-order valence-corrected chi connectivity index (χ0v) is 15.8. The van der Waals surface area contributed by atoms with Crippen LogP contribution in [0.5, 0.6) is 11.5 Å². The molecule has 0 N–H and O–H groups in total. The van der Waals surface area contributed by atoms with Crippen molar-refractivity contribution in [1.29, 1.82) is 0 Å². The van der Waals surface area contributed by atoms with E-state index >= 15 is 0 Å². The van der Waals surface area contributed by atoms with E-state index in [0.717, 1.165) is 55.1 Å². The molecule has 5 heteroatoms. The zero-order chi connectivity index (χ0) is 18.6. The Hall–Kier alpha value is -2.53. The third kappa shape index (κ3) is 3.78. The standard InChI is InChI=1S/C22H26N2O3/c1-26-21-11-5-3-8-18(21)19-9-6-12-24(19)22(25)16-23-13-14-27-20-10-4-2-7-17(20)15-23/h2-5,7-8,10-11,19H,6,9,12-16H2,1H3/t19-/m0/s1. The number of nitrogens with zero attached hydrogens (tertiary/aromatic N) is 2. The van der Waals surface area contributed by atoms with E-state index in [1.807, 2.05) is 41.3 Å². The third-order valence-corrected chi connectivity index (χ3v) is 5.46. The number of amides is 1. The highest BCUT2D eigenvalue weighted by Crippen LogP contribution is 2.37. The lowest BCUT2D eigenvalue weighted by molar-refractivity contribution is -0.133. The number of benzene rings is 2. The number of methoxy groups -OCH3 is 1. The lowest BCUT2D eigenvalue weighted by Gasteiger charge is -2.29. The summed E-state index contributed by atoms with van der Waals surface area (Å²) in [6.07, 6.45) is 2.01. The molecule has 142 valence electrons. The number of rotatable bonds is 4. The van der Waals surface area contributed by atoms with E-state index in [9.17, 15) is 4.79 Å². The summed E-state index contributed by atoms with van der Waals surface area (Å²) in [6, 6.07) is 16.2. The molecule has 0 spiro atoms. The van der Waals surface area contributed by atoms with Gasteiger partial charge in [0.1, 0.15) is 18.1 Å². The van der Waals surface area contributed by atoms with Crippen LogP contribution in [0.2, 0.25) is 0 Å². The highest BCUT2D eigenvalue weighted by atomic mass is 16.5. The summed E-state index contributed by atoms with van der Waals surface area (Å²) < 4.78 is 11.3. The monoisotopic (exact) mass is 366 g/mol. The Labute approximate surface area is 160 Å². The second-order valence-corrected chi connectivity index (χ2v) is 7.15. The molecule has 0 saturated carbocycles. The average Bonchev–Trinajstić information content (AvgIpc) is 3.10. The van der Waals surface area contributed by atoms with E-state index in [1.54, 1.807) is 7.11 Å². The van der Waals surface area contributed by atoms with Crippen molar-refractivity contribution < 1.29 is 14.3 Å². The van der Waals surface area contributed by atoms with Gasteiger partial charge in [-0.2, -0.15) is 0 Å². The van der Waals surface area contributed by atoms with Gasteiger partial charge in [-0.15, -0.1) is 0 Å². The molecule has 1 saturated heterocycles. The Morgan fingerprint density at radius 3 is 2.85 bits per heavy atom. The second-order valence-electron chi connectivity index (χ2n) is 7.15. The molecular formula is C22H26N2O3. The number of likely N-dealkylation sites (tertiary alicyclic amines) is 1. The zero-order valence-electron chi connectivity index (χ0n) is 15.8. The fourth-order valence-electron chi connectivity index (χ4n) is 4.13. The van der Waals surface area contributed by atoms with Crippen LogP contribution in [0.4, 0.5) is 0 Å². The Kier molecular flexibility index (Phi) is 5.30. The number of ether oxygens (including phenoxy) is 2. The maximum Gasteiger partial charge on any atom is 0.237 e. The molecule has 5 nitrogen and oxygen atoms in total. The lowest BCUT2D eigenvalue weighted by atomic mass is 10.0. The van der Waals surface area contributed by atoms with E-state index in [2.05, 4.69) is 17.0 Å². The minimum Gasteiger partial charge on any atom is -0.496 e. The van der Waals surface area contributed by atoms with Gasteiger partial charge in [0.15, 0.2) is 0 Å². The van der Waals surface area contributed by atoms with Crippen molar-refractivity contribution in [2.75, 3.05) is 33.4 Å². The van der Waals surface area contributed by atoms with Gasteiger partial charge in [0, 0.05) is 30.8 Å². The molecule has 0 aromatic heterocycles. The Balaban J connectivity index is 1.47. The minimum absolute atomic E-state index is 0.101. The van der Waals surface area contributed by atoms with Crippen molar-refractivity contribution >= 4 is 5.91 Å². The minimum atomic E-state index is 0.101. The summed E-state index contributed by atoms with van der Waals surface area (Å²) in [5.74, 6) is 1.97. The first-order chi connectivity index (χ1) is 13.3. The molecular weight excluding hydrogens is 340 g/mol. The van der Waals surface area contributed by atoms with Gasteiger partial charge in [0.25, 0.3) is 0 Å². The molecule has 27 heavy (non-hydrogen) atoms. The van der Waals surface area contributed by atoms with Crippen LogP contribution in [0.3, 0.4) is 0 Å². The fraction of sp³-hybridized carbons (Fsp3) is 0.409. The Morgan fingerprint density at radius 1 is 1.15 bits per heavy atom. The number of carbonyl (C=O) groups is 1. The first kappa shape index (κ1) is 17.9. The van der Waals surface area contributed by atoms with Crippen molar-refractivity contribution in [3.05, 3.63) is 59.7 Å². The van der Waals surface area contributed by atoms with Gasteiger partial charge in [-0.05, 0) is 25.0 Å². The van der Waals surface area contributed by atoms with E-state index in [1.165, 1.54) is 0 Å². The first-order valence-electron chi connectivity index (χ1n) is 9.61. The predicted octanol–water partition coefficient (Wildman–Crippen LogP) is 3.25. The van der Waals surface area contributed by atoms with Crippen LogP contribution in [0.25, 0.3) is 0 Å². The topological polar surface area (TPSA) is 42.0 Å². The van der Waals surface area contributed by atoms with Crippen LogP contribution in [-0.4, -0.2) is 49.1 Å². The highest BCUT2D eigenvalue weighted by Gasteiger charge is 2.32. The molecule has 2 aromatic rings. The smallest absolute Gasteiger partial charge is 0.237 e. The van der Waals surface area contributed by atoms with Crippen molar-refractivity contribution in [3.8, 4) is 11.5 Å². The molecule has 0 bridgehead atoms. The van der Waals surface area contributed by atoms with Crippen LogP contribution >= 0.6 is 0 Å². The molecule has 4 rings (SSSR count). The molecule has 2 heterocycles. The maximum absolute atomic E-state index is 13.1. The van der Waals surface area contributed by atoms with Crippen LogP contribution < -0.4 is 9.47 Å². The van der Waals surface area contributed by atoms with Gasteiger partial charge in [-0.3, -0.25) is 9.69 Å². The summed E-state index contributed by atoms with van der Waals surface area (Å²) in [6.45, 7) is 3.34. The number of hydrogen-bond donors (Lipinski definition) is 0. The molecule has 1 atom stereocenters. The maximum atomic E-state index is 13.1. The third-order valence-electron chi connectivity index (χ3n) is 5.46. The molecule has 0 radical (unpaired) electrons. The Morgan fingerprint density at radius 2 is 1.96 bits per heavy atom. The van der Waals surface area contributed by atoms with E-state index in [-0.39, 0.29) is 11.9 Å². The number of para-hydroxylation sites is 2. The molecule has 2 aromatic carbocycles. The largest absolute Gasteiger partial charge is 0.496 e. The molecule has 1 fully saturated rings. The van der Waals surface area contributed by atoms with Crippen LogP contribution in [0.1, 0.15) is 30.0 Å². The number of fused-ring (bicyclic) bond motifs is 1. The first-order valence-corrected chi connectivity index (χ1v) is 9.61. The van der Waals surface area contributed by atoms with Crippen molar-refractivity contribution in [2.24, 2.45) is 0 Å². The fourth-order valence-corrected chi connectivity index (χ4v) is 4.13. The predicted molar refractivity (Wildman–Crippen MR) is 104 cm³/mol. The number of carbonyl (C=O) groups excluding carboxylic acids is 1. The van der Waals surface area contributed by atoms with Gasteiger partial charge >= 0.3 is 0 Å². The summed E-state index contributed by atoms with van der Waals surface area (Å²) in [5, 5.41) is 0. The Bertz CT molecular complexity index is 808. The van der Waals surface area contributed by atoms with E-state index in [4.69, 9.17) is 9.47 Å². The van der Waals surface area contributed by atoms with Gasteiger partial charge in [0.05, 0.1) is 19.7 Å². The lowest BCUT2D eigenvalue weighted by Crippen LogP contribution is -2.40. The van der Waals surface area contributed by atoms with Crippen molar-refractivity contribution in [2.45, 2.75) is 25.4 Å². The van der Waals surface area contributed by atoms with Gasteiger partial charge in [0.2, 0.25) is 5.91 Å². The quantitative estimate of drug-likeness (QED) is 0.833. The highest BCUT2D eigenvalue weighted by molar-refractivity contribution is 5.79. The van der Waals surface area contributed by atoms with Crippen molar-refractivity contribution in [3.63, 3.8) is 0 Å². The average molecular weight is 366 g/mol. The van der Waals surface area contributed by atoms with Crippen molar-refractivity contribution in [1.82, 2.24) is 9.80 Å². The van der Waals surface area contributed by atoms with Gasteiger partial charge in [-0.1, -0.05) is 36.4 Å². The summed E-state index contributed by atoms with van der Waals surface area (Å²) in [7, 11) is 1.69. The molecule has 0 unspecified atom stereocenters. The molecule has 0 aliphatic carbocycles. The van der Waals surface area contributed by atoms with E-state index < -0.39 is 0 Å². The summed E-state index contributed by atoms with van der Waals surface area (Å²) in [4.78, 5) is 17.3. The normalized spacial score (nSPS) is 19.9. The van der Waals surface area contributed by atoms with Crippen LogP contribution in [-0.2, 0) is 11.3 Å². The molecule has 2 aliphatic rings. The van der Waals surface area contributed by atoms with Crippen LogP contribution in [0.15, 0.2) is 48.5 Å². The summed E-state index contributed by atoms with van der Waals surface area (Å²) >= 11 is 0. The van der Waals surface area contributed by atoms with Gasteiger partial charge in [-0.25, -0.2) is 0 Å². The second kappa shape index (κ2) is 8.01. The van der Waals surface area contributed by atoms with Gasteiger partial charge < -0.3 is 14.4 Å².